The number of benzene rings is 1. The molecule has 162 valence electrons. The number of amides is 1. The summed E-state index contributed by atoms with van der Waals surface area (Å²) < 4.78 is 2.24. The number of aryl methyl sites for hydroxylation is 1. The zero-order valence-electron chi connectivity index (χ0n) is 17.6. The Kier molecular flexibility index (Phi) is 5.66. The summed E-state index contributed by atoms with van der Waals surface area (Å²) in [7, 11) is 0. The normalized spacial score (nSPS) is 16.6. The van der Waals surface area contributed by atoms with E-state index in [1.54, 1.807) is 18.2 Å². The first-order chi connectivity index (χ1) is 15.0. The zero-order chi connectivity index (χ0) is 22.0. The maximum Gasteiger partial charge on any atom is 0.251 e. The molecule has 1 aromatic carbocycles. The van der Waals surface area contributed by atoms with Crippen LogP contribution in [0.3, 0.4) is 0 Å². The van der Waals surface area contributed by atoms with E-state index in [1.807, 2.05) is 18.4 Å². The standard InChI is InChI=1S/C22H28N8O/c1-2-17-29-19-20(18-16(28-21(19)25)6-5-10-26-18)30(17)11-4-3-9-27-22(31)13-7-8-14(23)15(24)12-13/h5-8,10,12,18,26H,2-4,9,11,23-24H2,1H3,(H2,25,28)(H,27,31). The Morgan fingerprint density at radius 3 is 2.84 bits per heavy atom. The second-order valence-electron chi connectivity index (χ2n) is 7.62. The molecule has 9 nitrogen and oxygen atoms in total. The predicted molar refractivity (Wildman–Crippen MR) is 122 cm³/mol. The number of aromatic nitrogens is 2. The van der Waals surface area contributed by atoms with Crippen LogP contribution in [0, 0.1) is 0 Å². The first-order valence-corrected chi connectivity index (χ1v) is 10.5. The number of anilines is 2. The maximum atomic E-state index is 12.3. The van der Waals surface area contributed by atoms with Crippen LogP contribution in [0.1, 0.15) is 53.4 Å². The second kappa shape index (κ2) is 8.55. The minimum absolute atomic E-state index is 0.0456. The first kappa shape index (κ1) is 20.5. The molecule has 0 radical (unpaired) electrons. The van der Waals surface area contributed by atoms with Crippen LogP contribution in [-0.4, -0.2) is 27.8 Å². The van der Waals surface area contributed by atoms with E-state index in [1.165, 1.54) is 0 Å². The fraction of sp³-hybridized carbons (Fsp3) is 0.318. The van der Waals surface area contributed by atoms with E-state index in [0.29, 0.717) is 29.3 Å². The highest BCUT2D eigenvalue weighted by Crippen LogP contribution is 2.33. The molecule has 1 atom stereocenters. The lowest BCUT2D eigenvalue weighted by Crippen LogP contribution is -2.31. The van der Waals surface area contributed by atoms with Crippen LogP contribution < -0.4 is 27.8 Å². The fourth-order valence-electron chi connectivity index (χ4n) is 3.92. The molecule has 9 heteroatoms. The van der Waals surface area contributed by atoms with Crippen LogP contribution in [-0.2, 0) is 13.0 Å². The second-order valence-corrected chi connectivity index (χ2v) is 7.62. The van der Waals surface area contributed by atoms with Gasteiger partial charge in [-0.1, -0.05) is 6.92 Å². The lowest BCUT2D eigenvalue weighted by Gasteiger charge is -2.27. The number of fused-ring (bicyclic) bond motifs is 3. The maximum absolute atomic E-state index is 12.3. The number of amidine groups is 1. The monoisotopic (exact) mass is 420 g/mol. The van der Waals surface area contributed by atoms with Crippen molar-refractivity contribution in [1.82, 2.24) is 20.2 Å². The predicted octanol–water partition coefficient (Wildman–Crippen LogP) is 1.58. The van der Waals surface area contributed by atoms with Crippen molar-refractivity contribution in [3.8, 4) is 0 Å². The third-order valence-corrected chi connectivity index (χ3v) is 5.53. The molecule has 0 saturated carbocycles. The minimum Gasteiger partial charge on any atom is -0.397 e. The molecule has 0 fully saturated rings. The molecule has 0 aliphatic carbocycles. The Bertz CT molecular complexity index is 1100. The number of dihydropyridines is 1. The average molecular weight is 421 g/mol. The number of rotatable bonds is 7. The lowest BCUT2D eigenvalue weighted by atomic mass is 10.0. The number of allylic oxidation sites excluding steroid dienone is 2. The van der Waals surface area contributed by atoms with E-state index >= 15 is 0 Å². The van der Waals surface area contributed by atoms with Crippen LogP contribution in [0.5, 0.6) is 0 Å². The number of carbonyl (C=O) groups excluding carboxylic acids is 1. The highest BCUT2D eigenvalue weighted by Gasteiger charge is 2.32. The van der Waals surface area contributed by atoms with Gasteiger partial charge < -0.3 is 32.4 Å². The third-order valence-electron chi connectivity index (χ3n) is 5.53. The molecule has 1 unspecified atom stereocenters. The van der Waals surface area contributed by atoms with Gasteiger partial charge in [0.05, 0.1) is 22.8 Å². The molecule has 8 N–H and O–H groups in total. The number of hydrogen-bond donors (Lipinski definition) is 5. The van der Waals surface area contributed by atoms with Gasteiger partial charge in [0.2, 0.25) is 0 Å². The van der Waals surface area contributed by atoms with Crippen molar-refractivity contribution in [2.75, 3.05) is 18.0 Å². The molecular weight excluding hydrogens is 392 g/mol. The van der Waals surface area contributed by atoms with Crippen molar-refractivity contribution in [1.29, 1.82) is 0 Å². The quantitative estimate of drug-likeness (QED) is 0.339. The average Bonchev–Trinajstić information content (AvgIpc) is 3.15. The summed E-state index contributed by atoms with van der Waals surface area (Å²) in [5.74, 6) is 1.29. The van der Waals surface area contributed by atoms with E-state index in [4.69, 9.17) is 22.2 Å². The Hall–Kier alpha value is -3.75. The van der Waals surface area contributed by atoms with E-state index in [9.17, 15) is 4.79 Å². The SMILES string of the molecule is CCc1nc2c(n1CCCCNC(=O)c1ccc(N)c(N)c1)C1NC=CC=C1N=C2N. The van der Waals surface area contributed by atoms with E-state index in [-0.39, 0.29) is 11.9 Å². The van der Waals surface area contributed by atoms with E-state index < -0.39 is 0 Å². The molecule has 3 heterocycles. The van der Waals surface area contributed by atoms with Gasteiger partial charge in [-0.05, 0) is 49.4 Å². The summed E-state index contributed by atoms with van der Waals surface area (Å²) >= 11 is 0. The number of unbranched alkanes of at least 4 members (excludes halogenated alkanes) is 1. The molecule has 0 bridgehead atoms. The summed E-state index contributed by atoms with van der Waals surface area (Å²) in [4.78, 5) is 21.6. The van der Waals surface area contributed by atoms with Gasteiger partial charge in [-0.2, -0.15) is 0 Å². The molecule has 4 rings (SSSR count). The smallest absolute Gasteiger partial charge is 0.251 e. The number of nitrogens with one attached hydrogen (secondary N) is 2. The van der Waals surface area contributed by atoms with Crippen molar-refractivity contribution >= 4 is 23.1 Å². The number of aliphatic imine (C=N–C) groups is 1. The van der Waals surface area contributed by atoms with Crippen LogP contribution in [0.4, 0.5) is 11.4 Å². The van der Waals surface area contributed by atoms with Gasteiger partial charge in [-0.15, -0.1) is 0 Å². The van der Waals surface area contributed by atoms with Gasteiger partial charge in [0.1, 0.15) is 17.6 Å². The molecule has 1 amide bonds. The minimum atomic E-state index is -0.155. The van der Waals surface area contributed by atoms with Gasteiger partial charge in [0.25, 0.3) is 5.91 Å². The Morgan fingerprint density at radius 1 is 1.23 bits per heavy atom. The number of carbonyl (C=O) groups is 1. The summed E-state index contributed by atoms with van der Waals surface area (Å²) in [5.41, 5.74) is 21.8. The third kappa shape index (κ3) is 3.98. The number of nitrogens with two attached hydrogens (primary N) is 3. The Balaban J connectivity index is 1.39. The Labute approximate surface area is 181 Å². The largest absolute Gasteiger partial charge is 0.397 e. The molecule has 2 aliphatic rings. The molecular formula is C22H28N8O. The number of imidazole rings is 1. The molecule has 2 aromatic rings. The first-order valence-electron chi connectivity index (χ1n) is 10.5. The van der Waals surface area contributed by atoms with Gasteiger partial charge in [0.15, 0.2) is 5.84 Å². The van der Waals surface area contributed by atoms with Crippen molar-refractivity contribution in [3.63, 3.8) is 0 Å². The van der Waals surface area contributed by atoms with Crippen LogP contribution in [0.2, 0.25) is 0 Å². The number of hydrogen-bond acceptors (Lipinski definition) is 7. The van der Waals surface area contributed by atoms with Gasteiger partial charge >= 0.3 is 0 Å². The summed E-state index contributed by atoms with van der Waals surface area (Å²) in [6, 6.07) is 4.87. The van der Waals surface area contributed by atoms with Crippen molar-refractivity contribution in [2.45, 2.75) is 38.8 Å². The van der Waals surface area contributed by atoms with Crippen molar-refractivity contribution in [3.05, 3.63) is 65.0 Å². The lowest BCUT2D eigenvalue weighted by molar-refractivity contribution is 0.0953. The Morgan fingerprint density at radius 2 is 2.06 bits per heavy atom. The summed E-state index contributed by atoms with van der Waals surface area (Å²) in [6.45, 7) is 3.44. The van der Waals surface area contributed by atoms with Crippen LogP contribution in [0.15, 0.2) is 47.2 Å². The topological polar surface area (TPSA) is 149 Å². The summed E-state index contributed by atoms with van der Waals surface area (Å²) in [6.07, 6.45) is 8.33. The highest BCUT2D eigenvalue weighted by molar-refractivity contribution is 5.99. The molecule has 0 saturated heterocycles. The zero-order valence-corrected chi connectivity index (χ0v) is 17.6. The van der Waals surface area contributed by atoms with Crippen LogP contribution >= 0.6 is 0 Å². The van der Waals surface area contributed by atoms with Crippen molar-refractivity contribution in [2.24, 2.45) is 10.7 Å². The molecule has 31 heavy (non-hydrogen) atoms. The van der Waals surface area contributed by atoms with E-state index in [0.717, 1.165) is 48.7 Å². The number of nitrogen functional groups attached to an aromatic ring is 2. The molecule has 1 aromatic heterocycles. The highest BCUT2D eigenvalue weighted by atomic mass is 16.1. The summed E-state index contributed by atoms with van der Waals surface area (Å²) in [5, 5.41) is 6.31. The van der Waals surface area contributed by atoms with Gasteiger partial charge in [0, 0.05) is 25.1 Å². The van der Waals surface area contributed by atoms with Gasteiger partial charge in [-0.25, -0.2) is 9.98 Å². The van der Waals surface area contributed by atoms with Gasteiger partial charge in [-0.3, -0.25) is 4.79 Å². The van der Waals surface area contributed by atoms with Crippen molar-refractivity contribution < 1.29 is 4.79 Å². The van der Waals surface area contributed by atoms with E-state index in [2.05, 4.69) is 27.1 Å². The van der Waals surface area contributed by atoms with Crippen LogP contribution in [0.25, 0.3) is 0 Å². The number of nitrogens with zero attached hydrogens (tertiary/aromatic N) is 3. The molecule has 2 aliphatic heterocycles. The molecule has 0 spiro atoms. The fourth-order valence-corrected chi connectivity index (χ4v) is 3.92.